The molecule has 0 rings (SSSR count). The number of ether oxygens (including phenoxy) is 1. The molecule has 202 valence electrons. The van der Waals surface area contributed by atoms with Crippen molar-refractivity contribution in [1.29, 1.82) is 0 Å². The molecule has 0 fully saturated rings. The van der Waals surface area contributed by atoms with Gasteiger partial charge in [0.25, 0.3) is 0 Å². The van der Waals surface area contributed by atoms with Gasteiger partial charge in [0.1, 0.15) is 6.29 Å². The molecule has 0 aromatic heterocycles. The highest BCUT2D eigenvalue weighted by atomic mass is 31.2. The van der Waals surface area contributed by atoms with E-state index in [2.05, 4.69) is 13.8 Å². The number of aldehydes is 1. The van der Waals surface area contributed by atoms with E-state index in [0.29, 0.717) is 19.5 Å². The van der Waals surface area contributed by atoms with Crippen LogP contribution in [0.3, 0.4) is 0 Å². The average molecular weight is 503 g/mol. The quantitative estimate of drug-likeness (QED) is 0.0369. The zero-order chi connectivity index (χ0) is 25.1. The Bertz CT molecular complexity index is 421. The Kier molecular flexibility index (Phi) is 26.7. The number of methoxy groups -OCH3 is 1. The summed E-state index contributed by atoms with van der Waals surface area (Å²) in [5.41, 5.74) is -0.953. The third-order valence-corrected chi connectivity index (χ3v) is 7.89. The Morgan fingerprint density at radius 1 is 0.618 bits per heavy atom. The molecule has 0 aliphatic rings. The molecule has 0 aromatic rings. The van der Waals surface area contributed by atoms with Crippen molar-refractivity contribution in [2.45, 2.75) is 148 Å². The van der Waals surface area contributed by atoms with Gasteiger partial charge in [0, 0.05) is 0 Å². The molecule has 34 heavy (non-hydrogen) atoms. The van der Waals surface area contributed by atoms with E-state index in [0.717, 1.165) is 25.7 Å². The van der Waals surface area contributed by atoms with Crippen molar-refractivity contribution < 1.29 is 23.4 Å². The zero-order valence-corrected chi connectivity index (χ0v) is 23.6. The van der Waals surface area contributed by atoms with E-state index in [9.17, 15) is 9.59 Å². The van der Waals surface area contributed by atoms with Gasteiger partial charge in [-0.05, 0) is 12.8 Å². The minimum atomic E-state index is -1.58. The molecule has 0 heterocycles. The van der Waals surface area contributed by atoms with E-state index in [1.807, 2.05) is 0 Å². The second-order valence-electron chi connectivity index (χ2n) is 9.42. The lowest BCUT2D eigenvalue weighted by Crippen LogP contribution is -2.24. The topological polar surface area (TPSA) is 61.8 Å². The molecule has 0 aliphatic carbocycles. The first-order chi connectivity index (χ1) is 16.7. The van der Waals surface area contributed by atoms with E-state index in [-0.39, 0.29) is 0 Å². The lowest BCUT2D eigenvalue weighted by Gasteiger charge is -2.21. The van der Waals surface area contributed by atoms with E-state index >= 15 is 0 Å². The Hall–Kier alpha value is -0.510. The van der Waals surface area contributed by atoms with Gasteiger partial charge < -0.3 is 18.6 Å². The summed E-state index contributed by atoms with van der Waals surface area (Å²) in [6.45, 7) is 5.56. The predicted molar refractivity (Wildman–Crippen MR) is 144 cm³/mol. The molecule has 0 aromatic carbocycles. The smallest absolute Gasteiger partial charge is 0.325 e. The molecule has 0 saturated carbocycles. The molecule has 5 nitrogen and oxygen atoms in total. The van der Waals surface area contributed by atoms with E-state index < -0.39 is 20.0 Å². The third-order valence-electron chi connectivity index (χ3n) is 6.23. The summed E-state index contributed by atoms with van der Waals surface area (Å²) in [6.07, 6.45) is 25.8. The summed E-state index contributed by atoms with van der Waals surface area (Å²) in [5.74, 6) is -0.563. The van der Waals surface area contributed by atoms with Gasteiger partial charge in [-0.2, -0.15) is 0 Å². The molecule has 0 N–H and O–H groups in total. The highest BCUT2D eigenvalue weighted by Crippen LogP contribution is 2.44. The van der Waals surface area contributed by atoms with Crippen LogP contribution in [0.2, 0.25) is 0 Å². The van der Waals surface area contributed by atoms with Crippen LogP contribution in [-0.2, 0) is 23.4 Å². The summed E-state index contributed by atoms with van der Waals surface area (Å²) < 4.78 is 16.6. The van der Waals surface area contributed by atoms with Gasteiger partial charge in [0.15, 0.2) is 14.0 Å². The van der Waals surface area contributed by atoms with Crippen LogP contribution in [0.25, 0.3) is 0 Å². The molecule has 0 radical (unpaired) electrons. The standard InChI is InChI=1S/C28H55O5P/c1-4-6-8-10-12-14-16-18-20-22-24-32-34(27(26-29)28(30)31-3)33-25-23-21-19-17-15-13-11-9-7-5-2/h26-27H,4-25H2,1-3H3. The number of carbonyl (C=O) groups is 2. The van der Waals surface area contributed by atoms with Crippen LogP contribution >= 0.6 is 8.38 Å². The van der Waals surface area contributed by atoms with Crippen LogP contribution in [0.1, 0.15) is 142 Å². The summed E-state index contributed by atoms with van der Waals surface area (Å²) in [4.78, 5) is 23.5. The minimum absolute atomic E-state index is 0.529. The van der Waals surface area contributed by atoms with Crippen LogP contribution in [0.5, 0.6) is 0 Å². The third kappa shape index (κ3) is 20.8. The van der Waals surface area contributed by atoms with Gasteiger partial charge in [-0.3, -0.25) is 4.79 Å². The fraction of sp³-hybridized carbons (Fsp3) is 0.929. The van der Waals surface area contributed by atoms with E-state index in [1.54, 1.807) is 0 Å². The van der Waals surface area contributed by atoms with Crippen LogP contribution in [0.4, 0.5) is 0 Å². The van der Waals surface area contributed by atoms with Crippen LogP contribution in [-0.4, -0.2) is 38.2 Å². The largest absolute Gasteiger partial charge is 0.468 e. The van der Waals surface area contributed by atoms with Crippen molar-refractivity contribution in [3.63, 3.8) is 0 Å². The first kappa shape index (κ1) is 33.5. The maximum absolute atomic E-state index is 12.0. The monoisotopic (exact) mass is 502 g/mol. The predicted octanol–water partition coefficient (Wildman–Crippen LogP) is 8.91. The Balaban J connectivity index is 3.97. The molecular weight excluding hydrogens is 447 g/mol. The Morgan fingerprint density at radius 3 is 1.24 bits per heavy atom. The van der Waals surface area contributed by atoms with Crippen molar-refractivity contribution in [2.75, 3.05) is 20.3 Å². The maximum atomic E-state index is 12.0. The Labute approximate surface area is 212 Å². The number of carbonyl (C=O) groups excluding carboxylic acids is 2. The molecular formula is C28H55O5P. The van der Waals surface area contributed by atoms with Crippen molar-refractivity contribution in [3.05, 3.63) is 0 Å². The molecule has 0 bridgehead atoms. The summed E-state index contributed by atoms with van der Waals surface area (Å²) in [7, 11) is -0.282. The molecule has 0 saturated heterocycles. The van der Waals surface area contributed by atoms with Crippen molar-refractivity contribution >= 4 is 20.6 Å². The van der Waals surface area contributed by atoms with Gasteiger partial charge in [-0.15, -0.1) is 0 Å². The minimum Gasteiger partial charge on any atom is -0.468 e. The first-order valence-corrected chi connectivity index (χ1v) is 15.5. The highest BCUT2D eigenvalue weighted by molar-refractivity contribution is 7.50. The molecule has 0 aliphatic heterocycles. The van der Waals surface area contributed by atoms with Gasteiger partial charge in [-0.25, -0.2) is 0 Å². The van der Waals surface area contributed by atoms with Crippen molar-refractivity contribution in [3.8, 4) is 0 Å². The van der Waals surface area contributed by atoms with Gasteiger partial charge in [0.05, 0.1) is 20.3 Å². The van der Waals surface area contributed by atoms with Gasteiger partial charge in [-0.1, -0.05) is 129 Å². The summed E-state index contributed by atoms with van der Waals surface area (Å²) in [6, 6.07) is 0. The summed E-state index contributed by atoms with van der Waals surface area (Å²) >= 11 is 0. The second-order valence-corrected chi connectivity index (χ2v) is 11.1. The highest BCUT2D eigenvalue weighted by Gasteiger charge is 2.31. The molecule has 1 unspecified atom stereocenters. The number of hydrogen-bond donors (Lipinski definition) is 0. The van der Waals surface area contributed by atoms with E-state index in [1.165, 1.54) is 110 Å². The zero-order valence-electron chi connectivity index (χ0n) is 22.7. The van der Waals surface area contributed by atoms with Crippen LogP contribution < -0.4 is 0 Å². The number of unbranched alkanes of at least 4 members (excludes halogenated alkanes) is 18. The average Bonchev–Trinajstić information content (AvgIpc) is 2.85. The lowest BCUT2D eigenvalue weighted by atomic mass is 10.1. The van der Waals surface area contributed by atoms with Gasteiger partial charge in [0.2, 0.25) is 0 Å². The summed E-state index contributed by atoms with van der Waals surface area (Å²) in [5, 5.41) is 0. The second kappa shape index (κ2) is 27.1. The first-order valence-electron chi connectivity index (χ1n) is 14.3. The van der Waals surface area contributed by atoms with Crippen LogP contribution in [0.15, 0.2) is 0 Å². The number of rotatable bonds is 27. The fourth-order valence-corrected chi connectivity index (χ4v) is 5.39. The maximum Gasteiger partial charge on any atom is 0.325 e. The molecule has 6 heteroatoms. The van der Waals surface area contributed by atoms with Crippen molar-refractivity contribution in [1.82, 2.24) is 0 Å². The molecule has 0 spiro atoms. The SMILES string of the molecule is CCCCCCCCCCCCOP(OCCCCCCCCCCCC)C(C=O)C(=O)OC. The fourth-order valence-electron chi connectivity index (χ4n) is 4.00. The number of hydrogen-bond acceptors (Lipinski definition) is 5. The Morgan fingerprint density at radius 2 is 0.941 bits per heavy atom. The van der Waals surface area contributed by atoms with Crippen LogP contribution in [0, 0.1) is 0 Å². The lowest BCUT2D eigenvalue weighted by molar-refractivity contribution is -0.141. The molecule has 0 amide bonds. The normalized spacial score (nSPS) is 12.2. The van der Waals surface area contributed by atoms with Gasteiger partial charge >= 0.3 is 5.97 Å². The molecule has 1 atom stereocenters. The van der Waals surface area contributed by atoms with E-state index in [4.69, 9.17) is 13.8 Å². The number of esters is 1. The van der Waals surface area contributed by atoms with Crippen molar-refractivity contribution in [2.24, 2.45) is 0 Å².